The molecule has 124 valence electrons. The molecule has 0 unspecified atom stereocenters. The van der Waals surface area contributed by atoms with Crippen LogP contribution < -0.4 is 5.56 Å². The Labute approximate surface area is 148 Å². The molecule has 0 fully saturated rings. The van der Waals surface area contributed by atoms with Gasteiger partial charge in [0.25, 0.3) is 5.56 Å². The van der Waals surface area contributed by atoms with Gasteiger partial charge in [0.2, 0.25) is 0 Å². The predicted molar refractivity (Wildman–Crippen MR) is 98.2 cm³/mol. The van der Waals surface area contributed by atoms with E-state index in [0.29, 0.717) is 16.4 Å². The summed E-state index contributed by atoms with van der Waals surface area (Å²) in [7, 11) is 0. The van der Waals surface area contributed by atoms with Crippen molar-refractivity contribution in [2.45, 2.75) is 38.5 Å². The zero-order chi connectivity index (χ0) is 16.7. The van der Waals surface area contributed by atoms with Crippen LogP contribution in [0, 0.1) is 0 Å². The van der Waals surface area contributed by atoms with E-state index in [1.807, 2.05) is 0 Å². The second kappa shape index (κ2) is 6.22. The molecule has 0 saturated heterocycles. The molecule has 0 aliphatic heterocycles. The number of hydrogen-bond acceptors (Lipinski definition) is 4. The molecular formula is C18H17ClN2O2S. The van der Waals surface area contributed by atoms with Gasteiger partial charge in [0, 0.05) is 9.90 Å². The van der Waals surface area contributed by atoms with Gasteiger partial charge in [0.1, 0.15) is 16.4 Å². The standard InChI is InChI=1S/C18H17ClN2O2S/c19-10-7-8-13(22)12(9-10)16-20-17(23)15-11-5-3-1-2-4-6-14(11)24-18(15)21-16/h7-9,22H,1-6H2,(H,20,21,23). The Balaban J connectivity index is 1.92. The molecule has 3 aromatic rings. The number of fused-ring (bicyclic) bond motifs is 3. The van der Waals surface area contributed by atoms with Crippen LogP contribution in [0.5, 0.6) is 5.75 Å². The van der Waals surface area contributed by atoms with Crippen molar-refractivity contribution in [3.05, 3.63) is 44.0 Å². The molecular weight excluding hydrogens is 344 g/mol. The number of aryl methyl sites for hydroxylation is 2. The molecule has 0 bridgehead atoms. The van der Waals surface area contributed by atoms with E-state index >= 15 is 0 Å². The number of halogens is 1. The first-order chi connectivity index (χ1) is 11.6. The first kappa shape index (κ1) is 15.7. The topological polar surface area (TPSA) is 66.0 Å². The molecule has 0 saturated carbocycles. The molecule has 1 aliphatic rings. The van der Waals surface area contributed by atoms with Gasteiger partial charge >= 0.3 is 0 Å². The van der Waals surface area contributed by atoms with Crippen molar-refractivity contribution in [1.29, 1.82) is 0 Å². The molecule has 2 heterocycles. The lowest BCUT2D eigenvalue weighted by molar-refractivity contribution is 0.477. The normalized spacial score (nSPS) is 15.0. The van der Waals surface area contributed by atoms with E-state index in [4.69, 9.17) is 11.6 Å². The Morgan fingerprint density at radius 3 is 2.79 bits per heavy atom. The van der Waals surface area contributed by atoms with Gasteiger partial charge in [-0.3, -0.25) is 4.79 Å². The Morgan fingerprint density at radius 2 is 1.96 bits per heavy atom. The van der Waals surface area contributed by atoms with E-state index in [1.54, 1.807) is 23.5 Å². The number of phenols is 1. The summed E-state index contributed by atoms with van der Waals surface area (Å²) in [6.07, 6.45) is 6.72. The quantitative estimate of drug-likeness (QED) is 0.662. The van der Waals surface area contributed by atoms with Crippen molar-refractivity contribution in [2.75, 3.05) is 0 Å². The van der Waals surface area contributed by atoms with Crippen LogP contribution in [0.3, 0.4) is 0 Å². The largest absolute Gasteiger partial charge is 0.507 e. The number of rotatable bonds is 1. The van der Waals surface area contributed by atoms with Crippen molar-refractivity contribution >= 4 is 33.2 Å². The number of hydrogen-bond donors (Lipinski definition) is 2. The lowest BCUT2D eigenvalue weighted by Crippen LogP contribution is -2.10. The zero-order valence-electron chi connectivity index (χ0n) is 13.1. The maximum absolute atomic E-state index is 12.7. The van der Waals surface area contributed by atoms with E-state index < -0.39 is 0 Å². The Morgan fingerprint density at radius 1 is 1.17 bits per heavy atom. The highest BCUT2D eigenvalue weighted by molar-refractivity contribution is 7.18. The average molecular weight is 361 g/mol. The molecule has 6 heteroatoms. The fraction of sp³-hybridized carbons (Fsp3) is 0.333. The highest BCUT2D eigenvalue weighted by Crippen LogP contribution is 2.35. The fourth-order valence-corrected chi connectivity index (χ4v) is 4.78. The minimum atomic E-state index is -0.132. The van der Waals surface area contributed by atoms with E-state index in [0.717, 1.165) is 29.5 Å². The van der Waals surface area contributed by atoms with E-state index in [2.05, 4.69) is 9.97 Å². The maximum atomic E-state index is 12.7. The van der Waals surface area contributed by atoms with Crippen molar-refractivity contribution < 1.29 is 5.11 Å². The van der Waals surface area contributed by atoms with Crippen molar-refractivity contribution in [3.8, 4) is 17.1 Å². The number of aromatic hydroxyl groups is 1. The number of phenolic OH excluding ortho intramolecular Hbond substituents is 1. The van der Waals surface area contributed by atoms with Crippen LogP contribution in [0.1, 0.15) is 36.1 Å². The van der Waals surface area contributed by atoms with Crippen molar-refractivity contribution in [3.63, 3.8) is 0 Å². The smallest absolute Gasteiger partial charge is 0.260 e. The molecule has 24 heavy (non-hydrogen) atoms. The summed E-state index contributed by atoms with van der Waals surface area (Å²) in [5.41, 5.74) is 1.49. The van der Waals surface area contributed by atoms with Gasteiger partial charge in [-0.25, -0.2) is 4.98 Å². The minimum Gasteiger partial charge on any atom is -0.507 e. The van der Waals surface area contributed by atoms with Crippen LogP contribution in [-0.4, -0.2) is 15.1 Å². The van der Waals surface area contributed by atoms with Gasteiger partial charge < -0.3 is 10.1 Å². The molecule has 0 atom stereocenters. The third kappa shape index (κ3) is 2.72. The van der Waals surface area contributed by atoms with Gasteiger partial charge in [-0.15, -0.1) is 11.3 Å². The van der Waals surface area contributed by atoms with Crippen LogP contribution in [0.15, 0.2) is 23.0 Å². The third-order valence-electron chi connectivity index (χ3n) is 4.54. The van der Waals surface area contributed by atoms with Gasteiger partial charge in [0.05, 0.1) is 10.9 Å². The van der Waals surface area contributed by atoms with Crippen molar-refractivity contribution in [2.24, 2.45) is 0 Å². The summed E-state index contributed by atoms with van der Waals surface area (Å²) >= 11 is 7.62. The van der Waals surface area contributed by atoms with E-state index in [9.17, 15) is 9.90 Å². The number of aromatic nitrogens is 2. The number of thiophene rings is 1. The highest BCUT2D eigenvalue weighted by Gasteiger charge is 2.19. The lowest BCUT2D eigenvalue weighted by Gasteiger charge is -2.09. The molecule has 2 aromatic heterocycles. The van der Waals surface area contributed by atoms with Gasteiger partial charge in [0.15, 0.2) is 0 Å². The van der Waals surface area contributed by atoms with E-state index in [-0.39, 0.29) is 11.3 Å². The Kier molecular flexibility index (Phi) is 4.06. The summed E-state index contributed by atoms with van der Waals surface area (Å²) in [6, 6.07) is 4.73. The van der Waals surface area contributed by atoms with Crippen LogP contribution in [0.2, 0.25) is 5.02 Å². The molecule has 1 aliphatic carbocycles. The molecule has 0 radical (unpaired) electrons. The summed E-state index contributed by atoms with van der Waals surface area (Å²) in [4.78, 5) is 22.2. The fourth-order valence-electron chi connectivity index (χ4n) is 3.34. The van der Waals surface area contributed by atoms with Gasteiger partial charge in [-0.1, -0.05) is 24.4 Å². The summed E-state index contributed by atoms with van der Waals surface area (Å²) < 4.78 is 0. The summed E-state index contributed by atoms with van der Waals surface area (Å²) in [5, 5.41) is 11.3. The Bertz CT molecular complexity index is 977. The maximum Gasteiger partial charge on any atom is 0.260 e. The molecule has 4 nitrogen and oxygen atoms in total. The number of nitrogens with zero attached hydrogens (tertiary/aromatic N) is 1. The van der Waals surface area contributed by atoms with E-state index in [1.165, 1.54) is 35.8 Å². The Hall–Kier alpha value is -1.85. The lowest BCUT2D eigenvalue weighted by atomic mass is 9.98. The number of H-pyrrole nitrogens is 1. The summed E-state index contributed by atoms with van der Waals surface area (Å²) in [5.74, 6) is 0.415. The molecule has 0 spiro atoms. The predicted octanol–water partition coefficient (Wildman–Crippen LogP) is 4.67. The minimum absolute atomic E-state index is 0.0526. The second-order valence-electron chi connectivity index (χ2n) is 6.17. The number of aromatic amines is 1. The molecule has 0 amide bonds. The average Bonchev–Trinajstić information content (AvgIpc) is 2.87. The monoisotopic (exact) mass is 360 g/mol. The molecule has 2 N–H and O–H groups in total. The second-order valence-corrected chi connectivity index (χ2v) is 7.69. The van der Waals surface area contributed by atoms with Gasteiger partial charge in [-0.2, -0.15) is 0 Å². The first-order valence-corrected chi connectivity index (χ1v) is 9.36. The van der Waals surface area contributed by atoms with Crippen LogP contribution in [-0.2, 0) is 12.8 Å². The van der Waals surface area contributed by atoms with Gasteiger partial charge in [-0.05, 0) is 49.4 Å². The first-order valence-electron chi connectivity index (χ1n) is 8.17. The third-order valence-corrected chi connectivity index (χ3v) is 5.96. The van der Waals surface area contributed by atoms with Crippen molar-refractivity contribution in [1.82, 2.24) is 9.97 Å². The van der Waals surface area contributed by atoms with Crippen LogP contribution in [0.25, 0.3) is 21.6 Å². The molecule has 1 aromatic carbocycles. The number of nitrogens with one attached hydrogen (secondary N) is 1. The van der Waals surface area contributed by atoms with Crippen LogP contribution >= 0.6 is 22.9 Å². The summed E-state index contributed by atoms with van der Waals surface area (Å²) in [6.45, 7) is 0. The molecule has 4 rings (SSSR count). The highest BCUT2D eigenvalue weighted by atomic mass is 35.5. The SMILES string of the molecule is O=c1[nH]c(-c2cc(Cl)ccc2O)nc2sc3c(c12)CCCCCC3. The zero-order valence-corrected chi connectivity index (χ0v) is 14.6. The van der Waals surface area contributed by atoms with Crippen LogP contribution in [0.4, 0.5) is 0 Å². The number of benzene rings is 1.